The molecule has 3 heterocycles. The van der Waals surface area contributed by atoms with Gasteiger partial charge in [-0.3, -0.25) is 9.59 Å². The van der Waals surface area contributed by atoms with Crippen molar-refractivity contribution in [2.75, 3.05) is 13.1 Å². The van der Waals surface area contributed by atoms with Gasteiger partial charge in [-0.2, -0.15) is 0 Å². The first-order valence-corrected chi connectivity index (χ1v) is 10.8. The van der Waals surface area contributed by atoms with Crippen LogP contribution in [0.4, 0.5) is 0 Å². The first-order chi connectivity index (χ1) is 14.5. The predicted molar refractivity (Wildman–Crippen MR) is 115 cm³/mol. The highest BCUT2D eigenvalue weighted by Crippen LogP contribution is 2.49. The molecule has 1 aromatic heterocycles. The quantitative estimate of drug-likeness (QED) is 0.682. The third kappa shape index (κ3) is 2.36. The fourth-order valence-electron chi connectivity index (χ4n) is 5.31. The van der Waals surface area contributed by atoms with Crippen LogP contribution in [0.2, 0.25) is 5.02 Å². The van der Waals surface area contributed by atoms with Crippen LogP contribution < -0.4 is 0 Å². The minimum absolute atomic E-state index is 0.0206. The molecule has 3 aliphatic rings. The van der Waals surface area contributed by atoms with Gasteiger partial charge in [0.15, 0.2) is 5.54 Å². The molecule has 6 heteroatoms. The monoisotopic (exact) mass is 419 g/mol. The van der Waals surface area contributed by atoms with Crippen LogP contribution >= 0.6 is 11.6 Å². The molecule has 5 nitrogen and oxygen atoms in total. The van der Waals surface area contributed by atoms with Crippen LogP contribution in [0, 0.1) is 0 Å². The maximum absolute atomic E-state index is 13.7. The lowest BCUT2D eigenvalue weighted by Gasteiger charge is -2.51. The van der Waals surface area contributed by atoms with E-state index < -0.39 is 5.54 Å². The van der Waals surface area contributed by atoms with Gasteiger partial charge in [-0.15, -0.1) is 0 Å². The first kappa shape index (κ1) is 18.0. The molecule has 0 bridgehead atoms. The molecule has 3 aromatic rings. The Kier molecular flexibility index (Phi) is 3.67. The molecular formula is C24H22ClN3O2. The second kappa shape index (κ2) is 6.11. The molecule has 2 amide bonds. The van der Waals surface area contributed by atoms with Gasteiger partial charge in [0.25, 0.3) is 5.91 Å². The number of amides is 2. The fourth-order valence-corrected chi connectivity index (χ4v) is 5.43. The van der Waals surface area contributed by atoms with Gasteiger partial charge in [-0.25, -0.2) is 0 Å². The molecule has 2 atom stereocenters. The average molecular weight is 420 g/mol. The highest BCUT2D eigenvalue weighted by atomic mass is 35.5. The number of hydrogen-bond acceptors (Lipinski definition) is 2. The van der Waals surface area contributed by atoms with Gasteiger partial charge in [-0.05, 0) is 49.1 Å². The minimum Gasteiger partial charge on any atom is -0.356 e. The minimum atomic E-state index is -1.00. The molecule has 1 saturated heterocycles. The molecular weight excluding hydrogens is 398 g/mol. The Hall–Kier alpha value is -2.79. The van der Waals surface area contributed by atoms with E-state index in [0.717, 1.165) is 40.6 Å². The summed E-state index contributed by atoms with van der Waals surface area (Å²) in [5.41, 5.74) is 3.05. The van der Waals surface area contributed by atoms with Crippen LogP contribution in [0.25, 0.3) is 10.9 Å². The number of H-pyrrole nitrogens is 1. The number of halogens is 1. The molecule has 1 aliphatic carbocycles. The molecule has 2 fully saturated rings. The highest BCUT2D eigenvalue weighted by Gasteiger charge is 2.58. The van der Waals surface area contributed by atoms with E-state index in [1.54, 1.807) is 9.80 Å². The average Bonchev–Trinajstić information content (AvgIpc) is 3.51. The zero-order valence-electron chi connectivity index (χ0n) is 16.7. The maximum Gasteiger partial charge on any atom is 0.255 e. The van der Waals surface area contributed by atoms with Crippen molar-refractivity contribution < 1.29 is 9.59 Å². The second-order valence-corrected chi connectivity index (χ2v) is 9.24. The van der Waals surface area contributed by atoms with Crippen LogP contribution in [0.5, 0.6) is 0 Å². The van der Waals surface area contributed by atoms with E-state index in [9.17, 15) is 9.59 Å². The van der Waals surface area contributed by atoms with Crippen LogP contribution in [-0.2, 0) is 15.1 Å². The lowest BCUT2D eigenvalue weighted by molar-refractivity contribution is -0.166. The van der Waals surface area contributed by atoms with Crippen molar-refractivity contribution in [1.82, 2.24) is 14.8 Å². The number of aromatic amines is 1. The van der Waals surface area contributed by atoms with Gasteiger partial charge in [0.2, 0.25) is 5.91 Å². The van der Waals surface area contributed by atoms with Crippen molar-refractivity contribution >= 4 is 34.3 Å². The number of nitrogens with one attached hydrogen (secondary N) is 1. The number of piperazine rings is 1. The number of hydrogen-bond donors (Lipinski definition) is 1. The Morgan fingerprint density at radius 2 is 1.80 bits per heavy atom. The van der Waals surface area contributed by atoms with E-state index in [1.165, 1.54) is 0 Å². The number of benzene rings is 2. The molecule has 0 unspecified atom stereocenters. The lowest BCUT2D eigenvalue weighted by Crippen LogP contribution is -2.67. The highest BCUT2D eigenvalue weighted by molar-refractivity contribution is 6.30. The molecule has 6 rings (SSSR count). The van der Waals surface area contributed by atoms with E-state index in [2.05, 4.69) is 11.1 Å². The topological polar surface area (TPSA) is 56.4 Å². The van der Waals surface area contributed by atoms with Crippen LogP contribution in [0.1, 0.15) is 42.5 Å². The van der Waals surface area contributed by atoms with E-state index in [4.69, 9.17) is 11.6 Å². The second-order valence-electron chi connectivity index (χ2n) is 8.80. The van der Waals surface area contributed by atoms with Crippen LogP contribution in [0.3, 0.4) is 0 Å². The van der Waals surface area contributed by atoms with Crippen molar-refractivity contribution in [3.8, 4) is 0 Å². The third-order valence-electron chi connectivity index (χ3n) is 7.03. The number of para-hydroxylation sites is 1. The largest absolute Gasteiger partial charge is 0.356 e. The Balaban J connectivity index is 1.60. The molecule has 1 saturated carbocycles. The summed E-state index contributed by atoms with van der Waals surface area (Å²) in [6, 6.07) is 16.2. The summed E-state index contributed by atoms with van der Waals surface area (Å²) in [5.74, 6) is 0.0324. The molecule has 0 spiro atoms. The maximum atomic E-state index is 13.7. The SMILES string of the molecule is C[C@@]12C(=O)N(C3CC3)CC(=O)N1C[C@H](c1ccc(Cl)cc1)c1c2[nH]c2ccccc12. The van der Waals surface area contributed by atoms with Crippen LogP contribution in [0.15, 0.2) is 48.5 Å². The molecule has 30 heavy (non-hydrogen) atoms. The smallest absolute Gasteiger partial charge is 0.255 e. The standard InChI is InChI=1S/C24H22ClN3O2/c1-24-22-21(17-4-2-3-5-19(17)26-22)18(14-6-8-15(25)9-7-14)12-28(24)20(29)13-27(23(24)30)16-10-11-16/h2-9,16,18,26H,10-13H2,1H3/t18-,24-/m1/s1. The summed E-state index contributed by atoms with van der Waals surface area (Å²) in [5, 5.41) is 1.79. The van der Waals surface area contributed by atoms with E-state index in [-0.39, 0.29) is 30.3 Å². The van der Waals surface area contributed by atoms with Gasteiger partial charge in [-0.1, -0.05) is 41.9 Å². The summed E-state index contributed by atoms with van der Waals surface area (Å²) in [7, 11) is 0. The van der Waals surface area contributed by atoms with Crippen molar-refractivity contribution in [2.24, 2.45) is 0 Å². The van der Waals surface area contributed by atoms with Gasteiger partial charge in [0, 0.05) is 34.4 Å². The zero-order valence-corrected chi connectivity index (χ0v) is 17.4. The summed E-state index contributed by atoms with van der Waals surface area (Å²) in [4.78, 5) is 34.1. The van der Waals surface area contributed by atoms with Crippen LogP contribution in [-0.4, -0.2) is 45.7 Å². The van der Waals surface area contributed by atoms with Gasteiger partial charge >= 0.3 is 0 Å². The van der Waals surface area contributed by atoms with Gasteiger partial charge in [0.05, 0.1) is 5.69 Å². The lowest BCUT2D eigenvalue weighted by atomic mass is 9.76. The normalized spacial score (nSPS) is 26.1. The van der Waals surface area contributed by atoms with Gasteiger partial charge < -0.3 is 14.8 Å². The van der Waals surface area contributed by atoms with Crippen molar-refractivity contribution in [2.45, 2.75) is 37.3 Å². The number of aromatic nitrogens is 1. The van der Waals surface area contributed by atoms with E-state index in [1.807, 2.05) is 49.4 Å². The molecule has 2 aromatic carbocycles. The van der Waals surface area contributed by atoms with E-state index >= 15 is 0 Å². The summed E-state index contributed by atoms with van der Waals surface area (Å²) >= 11 is 6.13. The summed E-state index contributed by atoms with van der Waals surface area (Å²) in [6.45, 7) is 2.58. The number of nitrogens with zero attached hydrogens (tertiary/aromatic N) is 2. The summed E-state index contributed by atoms with van der Waals surface area (Å²) in [6.07, 6.45) is 1.98. The van der Waals surface area contributed by atoms with E-state index in [0.29, 0.717) is 11.6 Å². The van der Waals surface area contributed by atoms with Crippen molar-refractivity contribution in [1.29, 1.82) is 0 Å². The number of rotatable bonds is 2. The zero-order chi connectivity index (χ0) is 20.6. The molecule has 152 valence electrons. The number of fused-ring (bicyclic) bond motifs is 5. The van der Waals surface area contributed by atoms with Crippen molar-refractivity contribution in [3.05, 3.63) is 70.4 Å². The third-order valence-corrected chi connectivity index (χ3v) is 7.28. The Bertz CT molecular complexity index is 1200. The van der Waals surface area contributed by atoms with Crippen molar-refractivity contribution in [3.63, 3.8) is 0 Å². The predicted octanol–water partition coefficient (Wildman–Crippen LogP) is 4.02. The van der Waals surface area contributed by atoms with Gasteiger partial charge in [0.1, 0.15) is 6.54 Å². The fraction of sp³-hybridized carbons (Fsp3) is 0.333. The molecule has 1 N–H and O–H groups in total. The Morgan fingerprint density at radius 1 is 1.07 bits per heavy atom. The number of carbonyl (C=O) groups is 2. The Labute approximate surface area is 179 Å². The summed E-state index contributed by atoms with van der Waals surface area (Å²) < 4.78 is 0. The number of carbonyl (C=O) groups excluding carboxylic acids is 2. The Morgan fingerprint density at radius 3 is 2.53 bits per heavy atom. The molecule has 0 radical (unpaired) electrons. The first-order valence-electron chi connectivity index (χ1n) is 10.5. The molecule has 2 aliphatic heterocycles.